The molecular weight excluding hydrogens is 254 g/mol. The zero-order valence-corrected chi connectivity index (χ0v) is 12.2. The van der Waals surface area contributed by atoms with Crippen LogP contribution in [0, 0.1) is 5.92 Å². The molecule has 1 aliphatic heterocycles. The number of ether oxygens (including phenoxy) is 1. The molecule has 1 aromatic carbocycles. The first-order chi connectivity index (χ1) is 9.61. The van der Waals surface area contributed by atoms with Gasteiger partial charge in [0.2, 0.25) is 0 Å². The minimum atomic E-state index is -0.398. The molecule has 0 unspecified atom stereocenters. The number of methoxy groups -OCH3 is 1. The van der Waals surface area contributed by atoms with Crippen molar-refractivity contribution < 1.29 is 9.53 Å². The number of carbonyl (C=O) groups excluding carboxylic acids is 1. The molecule has 0 bridgehead atoms. The summed E-state index contributed by atoms with van der Waals surface area (Å²) in [4.78, 5) is 13.9. The van der Waals surface area contributed by atoms with Gasteiger partial charge in [-0.3, -0.25) is 0 Å². The zero-order chi connectivity index (χ0) is 14.5. The predicted molar refractivity (Wildman–Crippen MR) is 80.9 cm³/mol. The van der Waals surface area contributed by atoms with Crippen molar-refractivity contribution in [2.45, 2.75) is 12.8 Å². The second kappa shape index (κ2) is 6.61. The van der Waals surface area contributed by atoms with Gasteiger partial charge in [0.1, 0.15) is 0 Å². The molecule has 110 valence electrons. The maximum absolute atomic E-state index is 11.6. The summed E-state index contributed by atoms with van der Waals surface area (Å²) in [7, 11) is 3.52. The van der Waals surface area contributed by atoms with E-state index in [1.807, 2.05) is 12.1 Å². The Balaban J connectivity index is 1.98. The lowest BCUT2D eigenvalue weighted by Gasteiger charge is -2.29. The van der Waals surface area contributed by atoms with Crippen LogP contribution in [-0.4, -0.2) is 44.7 Å². The highest BCUT2D eigenvalue weighted by atomic mass is 16.5. The van der Waals surface area contributed by atoms with Crippen LogP contribution in [0.2, 0.25) is 0 Å². The molecule has 20 heavy (non-hydrogen) atoms. The number of esters is 1. The van der Waals surface area contributed by atoms with Crippen molar-refractivity contribution in [2.24, 2.45) is 5.92 Å². The average molecular weight is 277 g/mol. The van der Waals surface area contributed by atoms with Gasteiger partial charge >= 0.3 is 5.97 Å². The third-order valence-corrected chi connectivity index (χ3v) is 3.93. The van der Waals surface area contributed by atoms with Gasteiger partial charge in [-0.1, -0.05) is 6.07 Å². The number of carbonyl (C=O) groups is 1. The zero-order valence-electron chi connectivity index (χ0n) is 12.2. The van der Waals surface area contributed by atoms with Gasteiger partial charge in [-0.15, -0.1) is 0 Å². The number of rotatable bonds is 4. The molecule has 0 atom stereocenters. The smallest absolute Gasteiger partial charge is 0.340 e. The summed E-state index contributed by atoms with van der Waals surface area (Å²) < 4.78 is 4.73. The number of hydrogen-bond acceptors (Lipinski definition) is 5. The lowest BCUT2D eigenvalue weighted by atomic mass is 9.97. The molecule has 0 radical (unpaired) electrons. The highest BCUT2D eigenvalue weighted by Gasteiger charge is 2.17. The van der Waals surface area contributed by atoms with Crippen molar-refractivity contribution in [1.29, 1.82) is 0 Å². The largest absolute Gasteiger partial charge is 0.465 e. The fourth-order valence-electron chi connectivity index (χ4n) is 2.53. The highest BCUT2D eigenvalue weighted by molar-refractivity contribution is 5.98. The Morgan fingerprint density at radius 3 is 2.80 bits per heavy atom. The van der Waals surface area contributed by atoms with E-state index in [1.165, 1.54) is 20.0 Å². The third kappa shape index (κ3) is 3.42. The van der Waals surface area contributed by atoms with Crippen LogP contribution in [0.25, 0.3) is 0 Å². The maximum atomic E-state index is 11.6. The van der Waals surface area contributed by atoms with Crippen LogP contribution in [0.4, 0.5) is 11.4 Å². The maximum Gasteiger partial charge on any atom is 0.340 e. The summed E-state index contributed by atoms with van der Waals surface area (Å²) in [5.74, 6) is 0.262. The van der Waals surface area contributed by atoms with Gasteiger partial charge in [-0.05, 0) is 51.0 Å². The normalized spacial score (nSPS) is 16.9. The van der Waals surface area contributed by atoms with Gasteiger partial charge in [0, 0.05) is 6.54 Å². The summed E-state index contributed by atoms with van der Waals surface area (Å²) in [6.45, 7) is 3.18. The Bertz CT molecular complexity index is 468. The number of nitrogens with zero attached hydrogens (tertiary/aromatic N) is 1. The summed E-state index contributed by atoms with van der Waals surface area (Å²) in [6, 6.07) is 5.40. The Labute approximate surface area is 120 Å². The average Bonchev–Trinajstić information content (AvgIpc) is 2.47. The van der Waals surface area contributed by atoms with Crippen LogP contribution < -0.4 is 11.1 Å². The Morgan fingerprint density at radius 2 is 2.15 bits per heavy atom. The van der Waals surface area contributed by atoms with E-state index in [2.05, 4.69) is 17.3 Å². The van der Waals surface area contributed by atoms with Crippen LogP contribution in [-0.2, 0) is 4.74 Å². The van der Waals surface area contributed by atoms with E-state index in [0.717, 1.165) is 25.3 Å². The lowest BCUT2D eigenvalue weighted by Crippen LogP contribution is -2.33. The minimum Gasteiger partial charge on any atom is -0.465 e. The van der Waals surface area contributed by atoms with E-state index in [-0.39, 0.29) is 0 Å². The van der Waals surface area contributed by atoms with E-state index < -0.39 is 5.97 Å². The molecule has 5 nitrogen and oxygen atoms in total. The third-order valence-electron chi connectivity index (χ3n) is 3.93. The topological polar surface area (TPSA) is 67.6 Å². The van der Waals surface area contributed by atoms with Gasteiger partial charge in [-0.2, -0.15) is 0 Å². The Kier molecular flexibility index (Phi) is 4.84. The molecule has 0 aromatic heterocycles. The summed E-state index contributed by atoms with van der Waals surface area (Å²) in [6.07, 6.45) is 2.39. The number of nitrogens with one attached hydrogen (secondary N) is 1. The number of piperidine rings is 1. The fourth-order valence-corrected chi connectivity index (χ4v) is 2.53. The van der Waals surface area contributed by atoms with Crippen molar-refractivity contribution in [3.63, 3.8) is 0 Å². The standard InChI is InChI=1S/C15H23N3O2/c1-18-8-6-11(7-9-18)10-17-13-5-3-4-12(14(13)16)15(19)20-2/h3-5,11,17H,6-10,16H2,1-2H3. The van der Waals surface area contributed by atoms with Crippen LogP contribution in [0.3, 0.4) is 0 Å². The van der Waals surface area contributed by atoms with E-state index >= 15 is 0 Å². The number of para-hydroxylation sites is 1. The Hall–Kier alpha value is -1.75. The number of likely N-dealkylation sites (tertiary alicyclic amines) is 1. The van der Waals surface area contributed by atoms with Crippen LogP contribution in [0.15, 0.2) is 18.2 Å². The summed E-state index contributed by atoms with van der Waals surface area (Å²) >= 11 is 0. The van der Waals surface area contributed by atoms with Crippen molar-refractivity contribution in [3.8, 4) is 0 Å². The number of nitrogen functional groups attached to an aromatic ring is 1. The van der Waals surface area contributed by atoms with Crippen molar-refractivity contribution in [3.05, 3.63) is 23.8 Å². The van der Waals surface area contributed by atoms with Gasteiger partial charge in [-0.25, -0.2) is 4.79 Å². The molecule has 1 heterocycles. The molecule has 0 saturated carbocycles. The molecule has 1 fully saturated rings. The van der Waals surface area contributed by atoms with Crippen molar-refractivity contribution in [1.82, 2.24) is 4.90 Å². The van der Waals surface area contributed by atoms with Gasteiger partial charge in [0.05, 0.1) is 24.0 Å². The van der Waals surface area contributed by atoms with E-state index in [9.17, 15) is 4.79 Å². The minimum absolute atomic E-state index is 0.398. The molecule has 1 aliphatic rings. The Morgan fingerprint density at radius 1 is 1.45 bits per heavy atom. The van der Waals surface area contributed by atoms with E-state index in [4.69, 9.17) is 10.5 Å². The molecular formula is C15H23N3O2. The van der Waals surface area contributed by atoms with Gasteiger partial charge in [0.15, 0.2) is 0 Å². The molecule has 1 saturated heterocycles. The van der Waals surface area contributed by atoms with Gasteiger partial charge in [0.25, 0.3) is 0 Å². The number of nitrogens with two attached hydrogens (primary N) is 1. The molecule has 0 spiro atoms. The van der Waals surface area contributed by atoms with E-state index in [1.54, 1.807) is 6.07 Å². The quantitative estimate of drug-likeness (QED) is 0.649. The molecule has 2 rings (SSSR count). The molecule has 0 amide bonds. The SMILES string of the molecule is COC(=O)c1cccc(NCC2CCN(C)CC2)c1N. The number of benzene rings is 1. The van der Waals surface area contributed by atoms with Crippen molar-refractivity contribution >= 4 is 17.3 Å². The van der Waals surface area contributed by atoms with Gasteiger partial charge < -0.3 is 20.7 Å². The first-order valence-electron chi connectivity index (χ1n) is 7.01. The second-order valence-corrected chi connectivity index (χ2v) is 5.39. The molecule has 3 N–H and O–H groups in total. The first-order valence-corrected chi connectivity index (χ1v) is 7.01. The van der Waals surface area contributed by atoms with E-state index in [0.29, 0.717) is 17.2 Å². The number of anilines is 2. The fraction of sp³-hybridized carbons (Fsp3) is 0.533. The predicted octanol–water partition coefficient (Wildman–Crippen LogP) is 1.81. The number of hydrogen-bond donors (Lipinski definition) is 2. The van der Waals surface area contributed by atoms with Crippen molar-refractivity contribution in [2.75, 3.05) is 44.8 Å². The second-order valence-electron chi connectivity index (χ2n) is 5.39. The van der Waals surface area contributed by atoms with Crippen LogP contribution >= 0.6 is 0 Å². The first kappa shape index (κ1) is 14.7. The molecule has 0 aliphatic carbocycles. The molecule has 5 heteroatoms. The summed E-state index contributed by atoms with van der Waals surface area (Å²) in [5.41, 5.74) is 7.72. The highest BCUT2D eigenvalue weighted by Crippen LogP contribution is 2.25. The summed E-state index contributed by atoms with van der Waals surface area (Å²) in [5, 5.41) is 3.37. The monoisotopic (exact) mass is 277 g/mol. The van der Waals surface area contributed by atoms with Crippen LogP contribution in [0.1, 0.15) is 23.2 Å². The lowest BCUT2D eigenvalue weighted by molar-refractivity contribution is 0.0602. The molecule has 1 aromatic rings. The van der Waals surface area contributed by atoms with Crippen LogP contribution in [0.5, 0.6) is 0 Å².